The largest absolute Gasteiger partial charge is 0.319 e. The summed E-state index contributed by atoms with van der Waals surface area (Å²) in [6.07, 6.45) is 0. The molecule has 2 aromatic rings. The third-order valence-corrected chi connectivity index (χ3v) is 4.08. The van der Waals surface area contributed by atoms with Gasteiger partial charge in [-0.15, -0.1) is 0 Å². The zero-order valence-corrected chi connectivity index (χ0v) is 13.9. The molecule has 0 aliphatic heterocycles. The van der Waals surface area contributed by atoms with Crippen molar-refractivity contribution in [1.82, 2.24) is 0 Å². The van der Waals surface area contributed by atoms with Gasteiger partial charge in [-0.2, -0.15) is 0 Å². The van der Waals surface area contributed by atoms with Crippen molar-refractivity contribution in [2.75, 3.05) is 5.32 Å². The van der Waals surface area contributed by atoms with Gasteiger partial charge < -0.3 is 5.32 Å². The summed E-state index contributed by atoms with van der Waals surface area (Å²) in [7, 11) is 0. The first-order valence-corrected chi connectivity index (χ1v) is 7.87. The van der Waals surface area contributed by atoms with E-state index in [-0.39, 0.29) is 5.91 Å². The number of carbonyl (C=O) groups is 1. The second-order valence-electron chi connectivity index (χ2n) is 4.03. The highest BCUT2D eigenvalue weighted by Crippen LogP contribution is 2.33. The van der Waals surface area contributed by atoms with Gasteiger partial charge in [-0.3, -0.25) is 4.79 Å². The minimum atomic E-state index is -0.280. The second-order valence-corrected chi connectivity index (χ2v) is 5.84. The van der Waals surface area contributed by atoms with Gasteiger partial charge in [-0.1, -0.05) is 62.9 Å². The van der Waals surface area contributed by atoms with Crippen LogP contribution in [0, 0.1) is 0 Å². The van der Waals surface area contributed by atoms with E-state index in [0.29, 0.717) is 26.3 Å². The van der Waals surface area contributed by atoms with Crippen LogP contribution in [0.1, 0.15) is 15.9 Å². The van der Waals surface area contributed by atoms with Crippen LogP contribution in [0.2, 0.25) is 15.1 Å². The number of benzene rings is 2. The monoisotopic (exact) mass is 391 g/mol. The van der Waals surface area contributed by atoms with Gasteiger partial charge in [-0.05, 0) is 29.8 Å². The average molecular weight is 393 g/mol. The van der Waals surface area contributed by atoms with Crippen LogP contribution in [0.4, 0.5) is 5.69 Å². The molecule has 0 atom stereocenters. The Kier molecular flexibility index (Phi) is 5.33. The van der Waals surface area contributed by atoms with Crippen LogP contribution in [0.3, 0.4) is 0 Å². The average Bonchev–Trinajstić information content (AvgIpc) is 2.42. The van der Waals surface area contributed by atoms with Crippen LogP contribution >= 0.6 is 50.7 Å². The van der Waals surface area contributed by atoms with E-state index >= 15 is 0 Å². The van der Waals surface area contributed by atoms with Crippen molar-refractivity contribution >= 4 is 62.3 Å². The number of anilines is 1. The molecular weight excluding hydrogens is 384 g/mol. The zero-order valence-electron chi connectivity index (χ0n) is 10.1. The highest BCUT2D eigenvalue weighted by atomic mass is 79.9. The van der Waals surface area contributed by atoms with Gasteiger partial charge >= 0.3 is 0 Å². The molecule has 0 saturated heterocycles. The number of hydrogen-bond donors (Lipinski definition) is 1. The first kappa shape index (κ1) is 15.6. The number of hydrogen-bond acceptors (Lipinski definition) is 1. The van der Waals surface area contributed by atoms with E-state index in [9.17, 15) is 4.79 Å². The Bertz CT molecular complexity index is 620. The molecule has 0 fully saturated rings. The van der Waals surface area contributed by atoms with Crippen LogP contribution in [-0.2, 0) is 5.33 Å². The van der Waals surface area contributed by atoms with E-state index in [1.54, 1.807) is 12.1 Å². The van der Waals surface area contributed by atoms with E-state index in [2.05, 4.69) is 21.2 Å². The Hall–Kier alpha value is -0.740. The molecule has 1 N–H and O–H groups in total. The molecule has 20 heavy (non-hydrogen) atoms. The molecule has 6 heteroatoms. The predicted molar refractivity (Wildman–Crippen MR) is 88.5 cm³/mol. The van der Waals surface area contributed by atoms with Gasteiger partial charge in [0.05, 0.1) is 15.7 Å². The normalized spacial score (nSPS) is 10.4. The number of carbonyl (C=O) groups excluding carboxylic acids is 1. The molecule has 0 unspecified atom stereocenters. The smallest absolute Gasteiger partial charge is 0.255 e. The summed E-state index contributed by atoms with van der Waals surface area (Å²) < 4.78 is 0. The highest BCUT2D eigenvalue weighted by molar-refractivity contribution is 9.08. The molecule has 0 aliphatic carbocycles. The molecule has 1 amide bonds. The third-order valence-electron chi connectivity index (χ3n) is 2.62. The Morgan fingerprint density at radius 2 is 1.60 bits per heavy atom. The van der Waals surface area contributed by atoms with Crippen LogP contribution in [0.15, 0.2) is 36.4 Å². The van der Waals surface area contributed by atoms with Crippen molar-refractivity contribution in [2.24, 2.45) is 0 Å². The highest BCUT2D eigenvalue weighted by Gasteiger charge is 2.12. The number of rotatable bonds is 3. The quantitative estimate of drug-likeness (QED) is 0.657. The maximum absolute atomic E-state index is 12.1. The van der Waals surface area contributed by atoms with Crippen molar-refractivity contribution in [2.45, 2.75) is 5.33 Å². The summed E-state index contributed by atoms with van der Waals surface area (Å²) in [6, 6.07) is 10.3. The van der Waals surface area contributed by atoms with E-state index < -0.39 is 0 Å². The van der Waals surface area contributed by atoms with Crippen LogP contribution in [0.25, 0.3) is 0 Å². The van der Waals surface area contributed by atoms with Gasteiger partial charge in [0.1, 0.15) is 0 Å². The van der Waals surface area contributed by atoms with Crippen LogP contribution in [-0.4, -0.2) is 5.91 Å². The molecule has 2 aromatic carbocycles. The second kappa shape index (κ2) is 6.81. The lowest BCUT2D eigenvalue weighted by Gasteiger charge is -2.10. The van der Waals surface area contributed by atoms with Gasteiger partial charge in [0, 0.05) is 15.9 Å². The third kappa shape index (κ3) is 3.67. The summed E-state index contributed by atoms with van der Waals surface area (Å²) in [5.74, 6) is -0.280. The van der Waals surface area contributed by atoms with E-state index in [4.69, 9.17) is 34.8 Å². The SMILES string of the molecule is O=C(Nc1c(Cl)cc(Cl)cc1Cl)c1ccc(CBr)cc1. The summed E-state index contributed by atoms with van der Waals surface area (Å²) in [4.78, 5) is 12.1. The number of halogens is 4. The number of amides is 1. The van der Waals surface area contributed by atoms with Crippen molar-refractivity contribution in [3.63, 3.8) is 0 Å². The summed E-state index contributed by atoms with van der Waals surface area (Å²) in [6.45, 7) is 0. The number of nitrogens with one attached hydrogen (secondary N) is 1. The summed E-state index contributed by atoms with van der Waals surface area (Å²) in [5.41, 5.74) is 1.97. The first-order chi connectivity index (χ1) is 9.51. The molecule has 2 rings (SSSR count). The lowest BCUT2D eigenvalue weighted by Crippen LogP contribution is -2.12. The molecule has 0 radical (unpaired) electrons. The predicted octanol–water partition coefficient (Wildman–Crippen LogP) is 5.79. The molecule has 2 nitrogen and oxygen atoms in total. The molecule has 0 aromatic heterocycles. The Balaban J connectivity index is 2.23. The fourth-order valence-corrected chi connectivity index (χ4v) is 2.88. The number of alkyl halides is 1. The molecule has 0 heterocycles. The van der Waals surface area contributed by atoms with E-state index in [0.717, 1.165) is 10.9 Å². The van der Waals surface area contributed by atoms with Gasteiger partial charge in [-0.25, -0.2) is 0 Å². The van der Waals surface area contributed by atoms with E-state index in [1.165, 1.54) is 12.1 Å². The molecule has 0 bridgehead atoms. The fourth-order valence-electron chi connectivity index (χ4n) is 1.59. The summed E-state index contributed by atoms with van der Waals surface area (Å²) >= 11 is 21.2. The lowest BCUT2D eigenvalue weighted by atomic mass is 10.1. The van der Waals surface area contributed by atoms with Gasteiger partial charge in [0.15, 0.2) is 0 Å². The van der Waals surface area contributed by atoms with Crippen molar-refractivity contribution in [3.8, 4) is 0 Å². The molecule has 0 saturated carbocycles. The fraction of sp³-hybridized carbons (Fsp3) is 0.0714. The minimum absolute atomic E-state index is 0.280. The lowest BCUT2D eigenvalue weighted by molar-refractivity contribution is 0.102. The van der Waals surface area contributed by atoms with Gasteiger partial charge in [0.2, 0.25) is 0 Å². The minimum Gasteiger partial charge on any atom is -0.319 e. The van der Waals surface area contributed by atoms with Crippen molar-refractivity contribution < 1.29 is 4.79 Å². The summed E-state index contributed by atoms with van der Waals surface area (Å²) in [5, 5.41) is 4.44. The molecule has 0 spiro atoms. The molecule has 0 aliphatic rings. The first-order valence-electron chi connectivity index (χ1n) is 5.62. The standard InChI is InChI=1S/C14H9BrCl3NO/c15-7-8-1-3-9(4-2-8)14(20)19-13-11(17)5-10(16)6-12(13)18/h1-6H,7H2,(H,19,20). The topological polar surface area (TPSA) is 29.1 Å². The van der Waals surface area contributed by atoms with Crippen molar-refractivity contribution in [1.29, 1.82) is 0 Å². The van der Waals surface area contributed by atoms with Crippen LogP contribution in [0.5, 0.6) is 0 Å². The van der Waals surface area contributed by atoms with Crippen molar-refractivity contribution in [3.05, 3.63) is 62.6 Å². The van der Waals surface area contributed by atoms with Crippen LogP contribution < -0.4 is 5.32 Å². The maximum Gasteiger partial charge on any atom is 0.255 e. The van der Waals surface area contributed by atoms with E-state index in [1.807, 2.05) is 12.1 Å². The van der Waals surface area contributed by atoms with Gasteiger partial charge in [0.25, 0.3) is 5.91 Å². The molecule has 104 valence electrons. The Labute approximate surface area is 140 Å². The Morgan fingerprint density at radius 1 is 1.05 bits per heavy atom. The Morgan fingerprint density at radius 3 is 2.10 bits per heavy atom. The zero-order chi connectivity index (χ0) is 14.7. The molecular formula is C14H9BrCl3NO. The maximum atomic E-state index is 12.1.